The van der Waals surface area contributed by atoms with E-state index in [1.807, 2.05) is 69.8 Å². The molecular weight excluding hydrogens is 736 g/mol. The first-order valence-electron chi connectivity index (χ1n) is 19.6. The van der Waals surface area contributed by atoms with E-state index in [-0.39, 0.29) is 5.56 Å². The topological polar surface area (TPSA) is 33.6 Å². The van der Waals surface area contributed by atoms with E-state index in [1.165, 1.54) is 6.07 Å². The SMILES string of the molecule is Cc1cccc(-c2ccc3c(c2)c2ccccc2n3-c2cc(-c3c(C)cccc3C(F)(F)F)c(-n3c4ccccc4c4cc(-c5cccc(C)c5)ccc43)cc2C#N)c1. The summed E-state index contributed by atoms with van der Waals surface area (Å²) >= 11 is 0. The van der Waals surface area contributed by atoms with E-state index in [0.717, 1.165) is 83.1 Å². The highest BCUT2D eigenvalue weighted by Crippen LogP contribution is 2.46. The molecule has 0 N–H and O–H groups in total. The number of nitrogens with zero attached hydrogens (tertiary/aromatic N) is 3. The lowest BCUT2D eigenvalue weighted by Crippen LogP contribution is -2.10. The number of fused-ring (bicyclic) bond motifs is 6. The fourth-order valence-electron chi connectivity index (χ4n) is 8.97. The second-order valence-electron chi connectivity index (χ2n) is 15.4. The van der Waals surface area contributed by atoms with Crippen molar-refractivity contribution in [2.24, 2.45) is 0 Å². The first kappa shape index (κ1) is 36.0. The average Bonchev–Trinajstić information content (AvgIpc) is 3.75. The number of hydrogen-bond donors (Lipinski definition) is 0. The van der Waals surface area contributed by atoms with Gasteiger partial charge in [-0.25, -0.2) is 0 Å². The molecule has 2 aromatic heterocycles. The molecule has 0 bridgehead atoms. The molecule has 0 aliphatic carbocycles. The molecule has 0 aliphatic heterocycles. The summed E-state index contributed by atoms with van der Waals surface area (Å²) in [7, 11) is 0. The van der Waals surface area contributed by atoms with Gasteiger partial charge < -0.3 is 9.13 Å². The van der Waals surface area contributed by atoms with E-state index < -0.39 is 11.7 Å². The maximum absolute atomic E-state index is 15.2. The molecule has 3 nitrogen and oxygen atoms in total. The third-order valence-electron chi connectivity index (χ3n) is 11.6. The number of para-hydroxylation sites is 2. The Morgan fingerprint density at radius 3 is 1.47 bits per heavy atom. The van der Waals surface area contributed by atoms with Gasteiger partial charge in [-0.05, 0) is 109 Å². The summed E-state index contributed by atoms with van der Waals surface area (Å²) in [4.78, 5) is 0. The van der Waals surface area contributed by atoms with Crippen LogP contribution in [0.1, 0.15) is 27.8 Å². The summed E-state index contributed by atoms with van der Waals surface area (Å²) in [5, 5.41) is 14.9. The molecule has 59 heavy (non-hydrogen) atoms. The van der Waals surface area contributed by atoms with Crippen LogP contribution in [0.5, 0.6) is 0 Å². The van der Waals surface area contributed by atoms with Gasteiger partial charge >= 0.3 is 6.18 Å². The van der Waals surface area contributed by atoms with Gasteiger partial charge in [-0.3, -0.25) is 0 Å². The summed E-state index contributed by atoms with van der Waals surface area (Å²) < 4.78 is 49.7. The van der Waals surface area contributed by atoms with Crippen LogP contribution in [0.15, 0.2) is 164 Å². The number of nitriles is 1. The van der Waals surface area contributed by atoms with Gasteiger partial charge in [0.25, 0.3) is 0 Å². The number of alkyl halides is 3. The second-order valence-corrected chi connectivity index (χ2v) is 15.4. The van der Waals surface area contributed by atoms with Crippen molar-refractivity contribution in [2.45, 2.75) is 26.9 Å². The van der Waals surface area contributed by atoms with Crippen molar-refractivity contribution in [1.29, 1.82) is 5.26 Å². The standard InChI is InChI=1S/C53H36F3N3/c1-32-11-8-14-35(25-32)37-21-23-48-42(27-37)40-16-4-6-19-46(40)58(48)50-30-44(52-34(3)13-10-18-45(52)53(54,55)56)51(29-39(50)31-57)59-47-20-7-5-17-41(47)43-28-38(22-24-49(43)59)36-15-9-12-33(2)26-36/h4-30H,1-3H3. The minimum absolute atomic E-state index is 0.0746. The monoisotopic (exact) mass is 771 g/mol. The van der Waals surface area contributed by atoms with Crippen molar-refractivity contribution < 1.29 is 13.2 Å². The van der Waals surface area contributed by atoms with E-state index in [1.54, 1.807) is 25.1 Å². The molecule has 0 fully saturated rings. The zero-order valence-electron chi connectivity index (χ0n) is 32.6. The molecule has 10 rings (SSSR count). The van der Waals surface area contributed by atoms with E-state index in [2.05, 4.69) is 92.7 Å². The van der Waals surface area contributed by atoms with Crippen LogP contribution in [-0.2, 0) is 6.18 Å². The zero-order chi connectivity index (χ0) is 40.6. The summed E-state index contributed by atoms with van der Waals surface area (Å²) in [5.41, 5.74) is 11.4. The lowest BCUT2D eigenvalue weighted by atomic mass is 9.91. The van der Waals surface area contributed by atoms with Crippen LogP contribution in [0, 0.1) is 32.1 Å². The van der Waals surface area contributed by atoms with Crippen molar-refractivity contribution in [3.8, 4) is 50.8 Å². The van der Waals surface area contributed by atoms with Gasteiger partial charge in [-0.15, -0.1) is 0 Å². The zero-order valence-corrected chi connectivity index (χ0v) is 32.6. The van der Waals surface area contributed by atoms with Crippen LogP contribution in [0.25, 0.3) is 88.4 Å². The Morgan fingerprint density at radius 1 is 0.458 bits per heavy atom. The molecule has 0 radical (unpaired) electrons. The summed E-state index contributed by atoms with van der Waals surface area (Å²) in [6.45, 7) is 5.85. The van der Waals surface area contributed by atoms with Crippen molar-refractivity contribution >= 4 is 43.6 Å². The van der Waals surface area contributed by atoms with Crippen LogP contribution in [-0.4, -0.2) is 9.13 Å². The fraction of sp³-hybridized carbons (Fsp3) is 0.0755. The molecule has 6 heteroatoms. The number of aryl methyl sites for hydroxylation is 3. The molecule has 10 aromatic rings. The molecule has 0 amide bonds. The van der Waals surface area contributed by atoms with Gasteiger partial charge in [0, 0.05) is 27.1 Å². The molecule has 0 unspecified atom stereocenters. The van der Waals surface area contributed by atoms with Crippen molar-refractivity contribution in [3.05, 3.63) is 192 Å². The van der Waals surface area contributed by atoms with Gasteiger partial charge in [-0.2, -0.15) is 18.4 Å². The van der Waals surface area contributed by atoms with E-state index in [4.69, 9.17) is 0 Å². The number of halogens is 3. The van der Waals surface area contributed by atoms with Crippen molar-refractivity contribution in [1.82, 2.24) is 9.13 Å². The number of benzene rings is 8. The maximum Gasteiger partial charge on any atom is 0.417 e. The number of aromatic nitrogens is 2. The highest BCUT2D eigenvalue weighted by Gasteiger charge is 2.35. The lowest BCUT2D eigenvalue weighted by molar-refractivity contribution is -0.137. The highest BCUT2D eigenvalue weighted by atomic mass is 19.4. The Morgan fingerprint density at radius 2 is 0.949 bits per heavy atom. The molecule has 2 heterocycles. The minimum Gasteiger partial charge on any atom is -0.309 e. The van der Waals surface area contributed by atoms with Gasteiger partial charge in [-0.1, -0.05) is 120 Å². The van der Waals surface area contributed by atoms with Gasteiger partial charge in [0.1, 0.15) is 6.07 Å². The molecule has 0 saturated carbocycles. The number of rotatable bonds is 5. The highest BCUT2D eigenvalue weighted by molar-refractivity contribution is 6.12. The van der Waals surface area contributed by atoms with Crippen LogP contribution in [0.3, 0.4) is 0 Å². The van der Waals surface area contributed by atoms with Crippen molar-refractivity contribution in [3.63, 3.8) is 0 Å². The van der Waals surface area contributed by atoms with Crippen LogP contribution in [0.4, 0.5) is 13.2 Å². The maximum atomic E-state index is 15.2. The Labute approximate surface area is 339 Å². The third-order valence-corrected chi connectivity index (χ3v) is 11.6. The van der Waals surface area contributed by atoms with Crippen LogP contribution in [0.2, 0.25) is 0 Å². The Balaban J connectivity index is 1.31. The van der Waals surface area contributed by atoms with Gasteiger partial charge in [0.2, 0.25) is 0 Å². The molecule has 284 valence electrons. The quantitative estimate of drug-likeness (QED) is 0.172. The van der Waals surface area contributed by atoms with E-state index in [0.29, 0.717) is 28.1 Å². The second kappa shape index (κ2) is 13.6. The Hall–Kier alpha value is -7.36. The molecule has 0 saturated heterocycles. The molecule has 8 aromatic carbocycles. The molecule has 0 aliphatic rings. The summed E-state index contributed by atoms with van der Waals surface area (Å²) in [5.74, 6) is 0. The van der Waals surface area contributed by atoms with Gasteiger partial charge in [0.15, 0.2) is 0 Å². The molecular formula is C53H36F3N3. The molecule has 0 atom stereocenters. The van der Waals surface area contributed by atoms with Crippen LogP contribution < -0.4 is 0 Å². The predicted octanol–water partition coefficient (Wildman–Crippen LogP) is 14.7. The predicted molar refractivity (Wildman–Crippen MR) is 235 cm³/mol. The number of hydrogen-bond acceptors (Lipinski definition) is 1. The Kier molecular flexibility index (Phi) is 8.33. The summed E-state index contributed by atoms with van der Waals surface area (Å²) in [6.07, 6.45) is -4.64. The minimum atomic E-state index is -4.64. The van der Waals surface area contributed by atoms with Crippen LogP contribution >= 0.6 is 0 Å². The third kappa shape index (κ3) is 5.89. The summed E-state index contributed by atoms with van der Waals surface area (Å²) in [6, 6.07) is 55.5. The first-order chi connectivity index (χ1) is 28.6. The van der Waals surface area contributed by atoms with Gasteiger partial charge in [0.05, 0.1) is 44.6 Å². The fourth-order valence-corrected chi connectivity index (χ4v) is 8.97. The average molecular weight is 772 g/mol. The van der Waals surface area contributed by atoms with E-state index >= 15 is 13.2 Å². The van der Waals surface area contributed by atoms with Crippen molar-refractivity contribution in [2.75, 3.05) is 0 Å². The first-order valence-corrected chi connectivity index (χ1v) is 19.6. The Bertz CT molecular complexity index is 3370. The lowest BCUT2D eigenvalue weighted by Gasteiger charge is -2.22. The molecule has 0 spiro atoms. The normalized spacial score (nSPS) is 11.9. The largest absolute Gasteiger partial charge is 0.417 e. The smallest absolute Gasteiger partial charge is 0.309 e. The van der Waals surface area contributed by atoms with E-state index in [9.17, 15) is 5.26 Å².